The highest BCUT2D eigenvalue weighted by Gasteiger charge is 2.28. The minimum absolute atomic E-state index is 0.0631. The van der Waals surface area contributed by atoms with Gasteiger partial charge in [0.25, 0.3) is 11.6 Å². The van der Waals surface area contributed by atoms with Gasteiger partial charge in [-0.1, -0.05) is 12.1 Å². The summed E-state index contributed by atoms with van der Waals surface area (Å²) in [4.78, 5) is 33.8. The molecule has 0 aliphatic heterocycles. The molecule has 7 nitrogen and oxygen atoms in total. The second-order valence-corrected chi connectivity index (χ2v) is 6.56. The molecule has 3 rings (SSSR count). The Balaban J connectivity index is 1.71. The Morgan fingerprint density at radius 1 is 1.11 bits per heavy atom. The maximum absolute atomic E-state index is 13.0. The van der Waals surface area contributed by atoms with Crippen molar-refractivity contribution in [3.8, 4) is 0 Å². The van der Waals surface area contributed by atoms with Crippen LogP contribution in [-0.2, 0) is 0 Å². The van der Waals surface area contributed by atoms with Gasteiger partial charge in [-0.3, -0.25) is 14.9 Å². The van der Waals surface area contributed by atoms with Gasteiger partial charge in [0.05, 0.1) is 10.5 Å². The number of nitro benzene ring substituents is 1. The molecule has 0 radical (unpaired) electrons. The summed E-state index contributed by atoms with van der Waals surface area (Å²) in [6.45, 7) is 0. The zero-order chi connectivity index (χ0) is 19.6. The Hall–Kier alpha value is -3.29. The molecule has 0 spiro atoms. The van der Waals surface area contributed by atoms with Crippen LogP contribution in [0.25, 0.3) is 0 Å². The molecule has 1 fully saturated rings. The average molecular weight is 372 g/mol. The molecule has 1 aliphatic carbocycles. The fourth-order valence-corrected chi connectivity index (χ4v) is 3.39. The van der Waals surface area contributed by atoms with Crippen molar-refractivity contribution in [1.82, 2.24) is 5.32 Å². The standard InChI is InChI=1S/C19H17FN2O5/c20-15-4-1-11(2-5-15)12-3-6-16(8-12)21-18(23)13-7-14(19(24)25)10-17(9-13)22(26)27/h1-2,4-5,7,9-10,12,16H,3,6,8H2,(H,21,23)(H,24,25). The third-order valence-electron chi connectivity index (χ3n) is 4.75. The summed E-state index contributed by atoms with van der Waals surface area (Å²) in [5.41, 5.74) is 0.170. The van der Waals surface area contributed by atoms with E-state index in [1.54, 1.807) is 12.1 Å². The van der Waals surface area contributed by atoms with Crippen LogP contribution in [0.5, 0.6) is 0 Å². The number of amides is 1. The number of hydrogen-bond donors (Lipinski definition) is 2. The van der Waals surface area contributed by atoms with Crippen molar-refractivity contribution in [3.63, 3.8) is 0 Å². The van der Waals surface area contributed by atoms with Crippen molar-refractivity contribution in [2.24, 2.45) is 0 Å². The number of benzene rings is 2. The van der Waals surface area contributed by atoms with E-state index in [0.29, 0.717) is 12.8 Å². The summed E-state index contributed by atoms with van der Waals surface area (Å²) < 4.78 is 13.0. The van der Waals surface area contributed by atoms with Crippen molar-refractivity contribution >= 4 is 17.6 Å². The molecule has 2 unspecified atom stereocenters. The van der Waals surface area contributed by atoms with Gasteiger partial charge in [0.2, 0.25) is 0 Å². The van der Waals surface area contributed by atoms with Crippen LogP contribution < -0.4 is 5.32 Å². The number of nitrogens with zero attached hydrogens (tertiary/aromatic N) is 1. The van der Waals surface area contributed by atoms with Gasteiger partial charge in [0.15, 0.2) is 0 Å². The number of aromatic carboxylic acids is 1. The SMILES string of the molecule is O=C(O)c1cc(C(=O)NC2CCC(c3ccc(F)cc3)C2)cc([N+](=O)[O-])c1. The molecule has 0 saturated heterocycles. The van der Waals surface area contributed by atoms with E-state index >= 15 is 0 Å². The average Bonchev–Trinajstić information content (AvgIpc) is 3.10. The van der Waals surface area contributed by atoms with Crippen LogP contribution in [0.1, 0.15) is 51.5 Å². The highest BCUT2D eigenvalue weighted by molar-refractivity contribution is 5.98. The van der Waals surface area contributed by atoms with Crippen LogP contribution in [0.15, 0.2) is 42.5 Å². The summed E-state index contributed by atoms with van der Waals surface area (Å²) >= 11 is 0. The lowest BCUT2D eigenvalue weighted by molar-refractivity contribution is -0.384. The van der Waals surface area contributed by atoms with Gasteiger partial charge < -0.3 is 10.4 Å². The number of hydrogen-bond acceptors (Lipinski definition) is 4. The topological polar surface area (TPSA) is 110 Å². The zero-order valence-electron chi connectivity index (χ0n) is 14.2. The lowest BCUT2D eigenvalue weighted by Crippen LogP contribution is -2.33. The largest absolute Gasteiger partial charge is 0.478 e. The molecule has 1 amide bonds. The van der Waals surface area contributed by atoms with E-state index in [4.69, 9.17) is 5.11 Å². The van der Waals surface area contributed by atoms with Crippen LogP contribution >= 0.6 is 0 Å². The Bertz CT molecular complexity index is 865. The minimum Gasteiger partial charge on any atom is -0.478 e. The predicted molar refractivity (Wildman–Crippen MR) is 94.3 cm³/mol. The van der Waals surface area contributed by atoms with Crippen LogP contribution in [0.4, 0.5) is 10.1 Å². The van der Waals surface area contributed by atoms with E-state index in [0.717, 1.165) is 30.2 Å². The fraction of sp³-hybridized carbons (Fsp3) is 0.263. The molecular formula is C19H17FN2O5. The minimum atomic E-state index is -1.34. The highest BCUT2D eigenvalue weighted by atomic mass is 19.1. The molecule has 8 heteroatoms. The monoisotopic (exact) mass is 372 g/mol. The molecule has 2 atom stereocenters. The van der Waals surface area contributed by atoms with E-state index in [1.807, 2.05) is 0 Å². The van der Waals surface area contributed by atoms with Gasteiger partial charge in [-0.2, -0.15) is 0 Å². The summed E-state index contributed by atoms with van der Waals surface area (Å²) in [5, 5.41) is 22.9. The number of carbonyl (C=O) groups excluding carboxylic acids is 1. The summed E-state index contributed by atoms with van der Waals surface area (Å²) in [7, 11) is 0. The summed E-state index contributed by atoms with van der Waals surface area (Å²) in [6.07, 6.45) is 2.21. The molecule has 27 heavy (non-hydrogen) atoms. The molecule has 0 heterocycles. The van der Waals surface area contributed by atoms with Crippen molar-refractivity contribution in [2.45, 2.75) is 31.2 Å². The van der Waals surface area contributed by atoms with Crippen molar-refractivity contribution in [2.75, 3.05) is 0 Å². The molecule has 2 N–H and O–H groups in total. The first-order chi connectivity index (χ1) is 12.8. The molecule has 2 aromatic rings. The van der Waals surface area contributed by atoms with Gasteiger partial charge in [-0.05, 0) is 48.9 Å². The normalized spacial score (nSPS) is 18.9. The van der Waals surface area contributed by atoms with Gasteiger partial charge in [-0.15, -0.1) is 0 Å². The third kappa shape index (κ3) is 4.28. The smallest absolute Gasteiger partial charge is 0.335 e. The molecule has 2 aromatic carbocycles. The summed E-state index contributed by atoms with van der Waals surface area (Å²) in [5.74, 6) is -2.01. The van der Waals surface area contributed by atoms with Crippen molar-refractivity contribution in [3.05, 3.63) is 75.1 Å². The molecule has 1 saturated carbocycles. The fourth-order valence-electron chi connectivity index (χ4n) is 3.39. The number of nitrogens with one attached hydrogen (secondary N) is 1. The zero-order valence-corrected chi connectivity index (χ0v) is 14.2. The van der Waals surface area contributed by atoms with E-state index < -0.39 is 22.5 Å². The van der Waals surface area contributed by atoms with Gasteiger partial charge in [0, 0.05) is 23.7 Å². The van der Waals surface area contributed by atoms with Crippen molar-refractivity contribution in [1.29, 1.82) is 0 Å². The van der Waals surface area contributed by atoms with E-state index in [1.165, 1.54) is 12.1 Å². The quantitative estimate of drug-likeness (QED) is 0.617. The Morgan fingerprint density at radius 3 is 2.41 bits per heavy atom. The summed E-state index contributed by atoms with van der Waals surface area (Å²) in [6, 6.07) is 9.22. The van der Waals surface area contributed by atoms with Crippen LogP contribution in [0, 0.1) is 15.9 Å². The number of carboxylic acid groups (broad SMARTS) is 1. The number of carboxylic acids is 1. The highest BCUT2D eigenvalue weighted by Crippen LogP contribution is 2.34. The Labute approximate surface area is 154 Å². The number of nitro groups is 1. The molecule has 0 bridgehead atoms. The number of halogens is 1. The Kier molecular flexibility index (Phi) is 5.16. The first-order valence-electron chi connectivity index (χ1n) is 8.42. The molecule has 140 valence electrons. The first kappa shape index (κ1) is 18.5. The van der Waals surface area contributed by atoms with E-state index in [-0.39, 0.29) is 28.9 Å². The number of carbonyl (C=O) groups is 2. The number of non-ortho nitro benzene ring substituents is 1. The maximum Gasteiger partial charge on any atom is 0.335 e. The Morgan fingerprint density at radius 2 is 1.78 bits per heavy atom. The first-order valence-corrected chi connectivity index (χ1v) is 8.42. The second kappa shape index (κ2) is 7.53. The predicted octanol–water partition coefficient (Wildman–Crippen LogP) is 3.50. The van der Waals surface area contributed by atoms with Crippen LogP contribution in [-0.4, -0.2) is 27.9 Å². The second-order valence-electron chi connectivity index (χ2n) is 6.56. The van der Waals surface area contributed by atoms with Crippen LogP contribution in [0.2, 0.25) is 0 Å². The third-order valence-corrected chi connectivity index (χ3v) is 4.75. The molecular weight excluding hydrogens is 355 g/mol. The van der Waals surface area contributed by atoms with Gasteiger partial charge in [-0.25, -0.2) is 9.18 Å². The van der Waals surface area contributed by atoms with E-state index in [9.17, 15) is 24.1 Å². The van der Waals surface area contributed by atoms with Crippen molar-refractivity contribution < 1.29 is 24.0 Å². The lowest BCUT2D eigenvalue weighted by atomic mass is 9.97. The molecule has 1 aliphatic rings. The van der Waals surface area contributed by atoms with Gasteiger partial charge >= 0.3 is 5.97 Å². The lowest BCUT2D eigenvalue weighted by Gasteiger charge is -2.14. The molecule has 0 aromatic heterocycles. The number of rotatable bonds is 5. The van der Waals surface area contributed by atoms with Gasteiger partial charge in [0.1, 0.15) is 5.82 Å². The van der Waals surface area contributed by atoms with Crippen LogP contribution in [0.3, 0.4) is 0 Å². The van der Waals surface area contributed by atoms with E-state index in [2.05, 4.69) is 5.32 Å². The maximum atomic E-state index is 13.0.